The second kappa shape index (κ2) is 11.2. The van der Waals surface area contributed by atoms with Gasteiger partial charge in [-0.05, 0) is 69.8 Å². The van der Waals surface area contributed by atoms with Gasteiger partial charge in [-0.25, -0.2) is 4.79 Å². The van der Waals surface area contributed by atoms with Crippen molar-refractivity contribution in [2.75, 3.05) is 37.6 Å². The van der Waals surface area contributed by atoms with Gasteiger partial charge in [0.25, 0.3) is 0 Å². The average molecular weight is 471 g/mol. The first kappa shape index (κ1) is 23.8. The van der Waals surface area contributed by atoms with E-state index < -0.39 is 0 Å². The molecule has 178 valence electrons. The topological polar surface area (TPSA) is 64.6 Å². The Bertz CT molecular complexity index is 876. The van der Waals surface area contributed by atoms with Gasteiger partial charge in [-0.2, -0.15) is 0 Å². The van der Waals surface area contributed by atoms with Gasteiger partial charge in [0.1, 0.15) is 0 Å². The third-order valence-electron chi connectivity index (χ3n) is 6.88. The van der Waals surface area contributed by atoms with Crippen molar-refractivity contribution in [1.29, 1.82) is 0 Å². The molecule has 2 aliphatic heterocycles. The van der Waals surface area contributed by atoms with E-state index in [2.05, 4.69) is 69.5 Å². The maximum atomic E-state index is 12.9. The predicted molar refractivity (Wildman–Crippen MR) is 132 cm³/mol. The molecule has 2 aromatic rings. The third-order valence-corrected chi connectivity index (χ3v) is 7.08. The summed E-state index contributed by atoms with van der Waals surface area (Å²) in [6.45, 7) is 9.69. The zero-order valence-electron chi connectivity index (χ0n) is 19.7. The van der Waals surface area contributed by atoms with E-state index in [9.17, 15) is 4.79 Å². The summed E-state index contributed by atoms with van der Waals surface area (Å²) in [6, 6.07) is 14.5. The third kappa shape index (κ3) is 6.36. The summed E-state index contributed by atoms with van der Waals surface area (Å²) < 4.78 is 0. The second-order valence-corrected chi connectivity index (χ2v) is 9.84. The van der Waals surface area contributed by atoms with Crippen molar-refractivity contribution >= 4 is 23.4 Å². The fraction of sp³-hybridized carbons (Fsp3) is 0.560. The summed E-state index contributed by atoms with van der Waals surface area (Å²) in [5.74, 6) is 1.49. The number of carbonyl (C=O) groups is 1. The minimum Gasteiger partial charge on any atom is -0.351 e. The van der Waals surface area contributed by atoms with Gasteiger partial charge in [-0.15, -0.1) is 10.2 Å². The summed E-state index contributed by atoms with van der Waals surface area (Å²) in [5, 5.41) is 11.7. The molecule has 3 heterocycles. The number of carbonyl (C=O) groups excluding carboxylic acids is 1. The van der Waals surface area contributed by atoms with Crippen LogP contribution in [0.3, 0.4) is 0 Å². The maximum absolute atomic E-state index is 12.9. The maximum Gasteiger partial charge on any atom is 0.318 e. The quantitative estimate of drug-likeness (QED) is 0.690. The van der Waals surface area contributed by atoms with Crippen LogP contribution in [0.2, 0.25) is 5.15 Å². The van der Waals surface area contributed by atoms with Gasteiger partial charge in [0.2, 0.25) is 0 Å². The Hall–Kier alpha value is -2.38. The lowest BCUT2D eigenvalue weighted by molar-refractivity contribution is 0.139. The van der Waals surface area contributed by atoms with Crippen molar-refractivity contribution in [2.24, 2.45) is 5.92 Å². The summed E-state index contributed by atoms with van der Waals surface area (Å²) in [4.78, 5) is 19.6. The van der Waals surface area contributed by atoms with Crippen LogP contribution in [0.1, 0.15) is 38.7 Å². The molecule has 2 fully saturated rings. The van der Waals surface area contributed by atoms with E-state index in [0.29, 0.717) is 11.1 Å². The number of piperazine rings is 1. The summed E-state index contributed by atoms with van der Waals surface area (Å²) in [7, 11) is 0. The van der Waals surface area contributed by atoms with Gasteiger partial charge in [0, 0.05) is 38.3 Å². The Morgan fingerprint density at radius 2 is 1.73 bits per heavy atom. The molecule has 2 saturated heterocycles. The number of rotatable bonds is 6. The van der Waals surface area contributed by atoms with Gasteiger partial charge in [0.05, 0.1) is 0 Å². The molecule has 1 N–H and O–H groups in total. The molecule has 0 radical (unpaired) electrons. The number of piperidine rings is 1. The van der Waals surface area contributed by atoms with E-state index in [0.717, 1.165) is 51.5 Å². The summed E-state index contributed by atoms with van der Waals surface area (Å²) >= 11 is 5.86. The van der Waals surface area contributed by atoms with Crippen molar-refractivity contribution in [3.8, 4) is 0 Å². The van der Waals surface area contributed by atoms with Crippen molar-refractivity contribution in [3.05, 3.63) is 53.2 Å². The summed E-state index contributed by atoms with van der Waals surface area (Å²) in [5.41, 5.74) is 1.38. The molecule has 0 unspecified atom stereocenters. The minimum absolute atomic E-state index is 0.0401. The van der Waals surface area contributed by atoms with E-state index >= 15 is 0 Å². The first-order chi connectivity index (χ1) is 16.0. The van der Waals surface area contributed by atoms with Crippen LogP contribution in [-0.4, -0.2) is 70.8 Å². The Labute approximate surface area is 202 Å². The number of nitrogens with zero attached hydrogens (tertiary/aromatic N) is 5. The highest BCUT2D eigenvalue weighted by atomic mass is 35.5. The smallest absolute Gasteiger partial charge is 0.318 e. The molecule has 0 bridgehead atoms. The first-order valence-electron chi connectivity index (χ1n) is 12.1. The molecule has 33 heavy (non-hydrogen) atoms. The highest BCUT2D eigenvalue weighted by Crippen LogP contribution is 2.23. The molecule has 2 amide bonds. The molecular weight excluding hydrogens is 436 g/mol. The Balaban J connectivity index is 1.18. The fourth-order valence-electron chi connectivity index (χ4n) is 5.14. The van der Waals surface area contributed by atoms with Crippen molar-refractivity contribution in [3.63, 3.8) is 0 Å². The predicted octanol–water partition coefficient (Wildman–Crippen LogP) is 4.04. The van der Waals surface area contributed by atoms with Gasteiger partial charge >= 0.3 is 6.03 Å². The van der Waals surface area contributed by atoms with Crippen LogP contribution < -0.4 is 10.2 Å². The molecule has 7 nitrogen and oxygen atoms in total. The number of hydrogen-bond acceptors (Lipinski definition) is 5. The normalized spacial score (nSPS) is 22.4. The van der Waals surface area contributed by atoms with E-state index in [1.807, 2.05) is 11.0 Å². The molecule has 4 rings (SSSR count). The lowest BCUT2D eigenvalue weighted by Crippen LogP contribution is -2.61. The van der Waals surface area contributed by atoms with Crippen LogP contribution >= 0.6 is 11.6 Å². The fourth-order valence-corrected chi connectivity index (χ4v) is 5.24. The molecule has 8 heteroatoms. The number of aromatic nitrogens is 2. The lowest BCUT2D eigenvalue weighted by Gasteiger charge is -2.44. The Kier molecular flexibility index (Phi) is 8.04. The number of halogens is 1. The number of hydrogen-bond donors (Lipinski definition) is 1. The first-order valence-corrected chi connectivity index (χ1v) is 12.4. The van der Waals surface area contributed by atoms with E-state index in [1.54, 1.807) is 6.07 Å². The molecule has 2 aliphatic rings. The molecule has 0 spiro atoms. The molecule has 2 atom stereocenters. The number of likely N-dealkylation sites (tertiary alicyclic amines) is 1. The monoisotopic (exact) mass is 470 g/mol. The van der Waals surface area contributed by atoms with Gasteiger partial charge in [0.15, 0.2) is 11.0 Å². The SMILES string of the molecule is C[C@@H]1CN(c2ccc(Cl)nn2)C[C@@H](C)N1C(=O)NCCC1CCN(Cc2ccccc2)CC1. The van der Waals surface area contributed by atoms with Crippen molar-refractivity contribution in [2.45, 2.75) is 51.7 Å². The number of benzene rings is 1. The van der Waals surface area contributed by atoms with Crippen LogP contribution in [0.4, 0.5) is 10.6 Å². The molecule has 1 aromatic heterocycles. The molecular formula is C25H35ClN6O. The van der Waals surface area contributed by atoms with Gasteiger partial charge < -0.3 is 15.1 Å². The van der Waals surface area contributed by atoms with Crippen LogP contribution in [-0.2, 0) is 6.54 Å². The molecule has 0 saturated carbocycles. The van der Waals surface area contributed by atoms with E-state index in [4.69, 9.17) is 11.6 Å². The number of amides is 2. The number of nitrogens with one attached hydrogen (secondary N) is 1. The molecule has 1 aromatic carbocycles. The highest BCUT2D eigenvalue weighted by molar-refractivity contribution is 6.29. The van der Waals surface area contributed by atoms with Gasteiger partial charge in [-0.1, -0.05) is 41.9 Å². The van der Waals surface area contributed by atoms with Crippen LogP contribution in [0.15, 0.2) is 42.5 Å². The zero-order chi connectivity index (χ0) is 23.2. The Morgan fingerprint density at radius 1 is 1.03 bits per heavy atom. The van der Waals surface area contributed by atoms with E-state index in [-0.39, 0.29) is 18.1 Å². The van der Waals surface area contributed by atoms with Gasteiger partial charge in [-0.3, -0.25) is 4.90 Å². The van der Waals surface area contributed by atoms with Crippen LogP contribution in [0.5, 0.6) is 0 Å². The second-order valence-electron chi connectivity index (χ2n) is 9.45. The Morgan fingerprint density at radius 3 is 2.36 bits per heavy atom. The largest absolute Gasteiger partial charge is 0.351 e. The number of anilines is 1. The van der Waals surface area contributed by atoms with E-state index in [1.165, 1.54) is 18.4 Å². The standard InChI is InChI=1S/C25H35ClN6O/c1-19-16-31(24-9-8-23(26)28-29-24)17-20(2)32(19)25(33)27-13-10-21-11-14-30(15-12-21)18-22-6-4-3-5-7-22/h3-9,19-21H,10-18H2,1-2H3,(H,27,33)/t19-,20-/m1/s1. The van der Waals surface area contributed by atoms with Crippen LogP contribution in [0, 0.1) is 5.92 Å². The molecule has 0 aliphatic carbocycles. The highest BCUT2D eigenvalue weighted by Gasteiger charge is 2.33. The lowest BCUT2D eigenvalue weighted by atomic mass is 9.93. The summed E-state index contributed by atoms with van der Waals surface area (Å²) in [6.07, 6.45) is 3.46. The minimum atomic E-state index is 0.0401. The van der Waals surface area contributed by atoms with Crippen LogP contribution in [0.25, 0.3) is 0 Å². The average Bonchev–Trinajstić information content (AvgIpc) is 2.81. The van der Waals surface area contributed by atoms with Crippen molar-refractivity contribution < 1.29 is 4.79 Å². The zero-order valence-corrected chi connectivity index (χ0v) is 20.4. The van der Waals surface area contributed by atoms with Crippen molar-refractivity contribution in [1.82, 2.24) is 25.3 Å². The number of urea groups is 1.